The second kappa shape index (κ2) is 13.8. The van der Waals surface area contributed by atoms with Crippen LogP contribution in [0.5, 0.6) is 0 Å². The molecule has 0 N–H and O–H groups in total. The number of hydrogen-bond donors (Lipinski definition) is 0. The van der Waals surface area contributed by atoms with Crippen molar-refractivity contribution >= 4 is 0 Å². The summed E-state index contributed by atoms with van der Waals surface area (Å²) in [7, 11) is 0. The van der Waals surface area contributed by atoms with Gasteiger partial charge in [-0.3, -0.25) is 0 Å². The van der Waals surface area contributed by atoms with Gasteiger partial charge in [0.25, 0.3) is 0 Å². The summed E-state index contributed by atoms with van der Waals surface area (Å²) in [5.41, 5.74) is 3.28. The number of rotatable bonds is 12. The molecule has 202 valence electrons. The fourth-order valence-electron chi connectivity index (χ4n) is 4.99. The monoisotopic (exact) mass is 522 g/mol. The SMILES string of the molecule is C=CC1OCC(c2ccc(-c3ccc(-c4ccc(CCCCCCCCC)c(F)c4F)cc3)cc2F)CO1. The molecule has 5 heteroatoms. The Balaban J connectivity index is 1.39. The molecule has 0 unspecified atom stereocenters. The molecule has 0 aromatic heterocycles. The van der Waals surface area contributed by atoms with Crippen molar-refractivity contribution < 1.29 is 22.6 Å². The van der Waals surface area contributed by atoms with E-state index in [1.165, 1.54) is 31.7 Å². The number of unbranched alkanes of at least 4 members (excludes halogenated alkanes) is 6. The lowest BCUT2D eigenvalue weighted by molar-refractivity contribution is -0.159. The molecule has 3 aromatic carbocycles. The third-order valence-electron chi connectivity index (χ3n) is 7.30. The van der Waals surface area contributed by atoms with Gasteiger partial charge in [-0.2, -0.15) is 0 Å². The quantitative estimate of drug-likeness (QED) is 0.174. The summed E-state index contributed by atoms with van der Waals surface area (Å²) < 4.78 is 55.7. The molecule has 0 spiro atoms. The minimum absolute atomic E-state index is 0.186. The first-order valence-corrected chi connectivity index (χ1v) is 13.7. The van der Waals surface area contributed by atoms with Crippen LogP contribution in [0.4, 0.5) is 13.2 Å². The topological polar surface area (TPSA) is 18.5 Å². The van der Waals surface area contributed by atoms with Crippen LogP contribution in [0.15, 0.2) is 67.3 Å². The van der Waals surface area contributed by atoms with E-state index in [-0.39, 0.29) is 17.3 Å². The minimum Gasteiger partial charge on any atom is -0.348 e. The van der Waals surface area contributed by atoms with E-state index >= 15 is 0 Å². The lowest BCUT2D eigenvalue weighted by atomic mass is 9.94. The first-order valence-electron chi connectivity index (χ1n) is 13.7. The smallest absolute Gasteiger partial charge is 0.176 e. The van der Waals surface area contributed by atoms with Gasteiger partial charge in [-0.25, -0.2) is 13.2 Å². The maximum absolute atomic E-state index is 15.0. The third-order valence-corrected chi connectivity index (χ3v) is 7.30. The molecule has 0 aliphatic carbocycles. The molecule has 1 fully saturated rings. The molecule has 0 radical (unpaired) electrons. The van der Waals surface area contributed by atoms with Crippen molar-refractivity contribution in [1.82, 2.24) is 0 Å². The number of hydrogen-bond acceptors (Lipinski definition) is 2. The predicted molar refractivity (Wildman–Crippen MR) is 148 cm³/mol. The summed E-state index contributed by atoms with van der Waals surface area (Å²) in [5.74, 6) is -2.09. The van der Waals surface area contributed by atoms with E-state index < -0.39 is 17.9 Å². The summed E-state index contributed by atoms with van der Waals surface area (Å²) in [5, 5.41) is 0. The van der Waals surface area contributed by atoms with Gasteiger partial charge in [-0.15, -0.1) is 0 Å². The summed E-state index contributed by atoms with van der Waals surface area (Å²) in [6.07, 6.45) is 9.63. The van der Waals surface area contributed by atoms with Crippen LogP contribution in [0.25, 0.3) is 22.3 Å². The van der Waals surface area contributed by atoms with Crippen molar-refractivity contribution in [2.24, 2.45) is 0 Å². The standard InChI is InChI=1S/C33H37F3O2/c1-3-5-6-7-8-9-10-11-25-16-19-29(33(36)32(25)35)24-14-12-23(13-15-24)26-17-18-28(30(34)20-26)27-21-37-31(4-2)38-22-27/h4,12-20,27,31H,2-3,5-11,21-22H2,1H3. The Morgan fingerprint density at radius 2 is 1.39 bits per heavy atom. The van der Waals surface area contributed by atoms with Crippen LogP contribution in [0, 0.1) is 17.5 Å². The molecule has 1 saturated heterocycles. The largest absolute Gasteiger partial charge is 0.348 e. The maximum atomic E-state index is 15.0. The van der Waals surface area contributed by atoms with Crippen LogP contribution < -0.4 is 0 Å². The van der Waals surface area contributed by atoms with E-state index in [2.05, 4.69) is 13.5 Å². The van der Waals surface area contributed by atoms with Crippen LogP contribution in [-0.2, 0) is 15.9 Å². The van der Waals surface area contributed by atoms with E-state index in [0.717, 1.165) is 24.8 Å². The van der Waals surface area contributed by atoms with Gasteiger partial charge in [0.05, 0.1) is 13.2 Å². The molecule has 0 bridgehead atoms. The zero-order valence-electron chi connectivity index (χ0n) is 22.2. The Morgan fingerprint density at radius 3 is 2.05 bits per heavy atom. The Bertz CT molecular complexity index is 1200. The van der Waals surface area contributed by atoms with Crippen LogP contribution in [0.3, 0.4) is 0 Å². The van der Waals surface area contributed by atoms with Gasteiger partial charge in [-0.1, -0.05) is 101 Å². The Morgan fingerprint density at radius 1 is 0.763 bits per heavy atom. The molecule has 1 heterocycles. The van der Waals surface area contributed by atoms with Gasteiger partial charge in [-0.05, 0) is 52.8 Å². The van der Waals surface area contributed by atoms with Crippen LogP contribution >= 0.6 is 0 Å². The molecule has 1 aliphatic heterocycles. The summed E-state index contributed by atoms with van der Waals surface area (Å²) in [4.78, 5) is 0. The molecule has 0 amide bonds. The molecular formula is C33H37F3O2. The van der Waals surface area contributed by atoms with Crippen molar-refractivity contribution in [2.45, 2.75) is 70.5 Å². The fraction of sp³-hybridized carbons (Fsp3) is 0.394. The highest BCUT2D eigenvalue weighted by atomic mass is 19.2. The highest BCUT2D eigenvalue weighted by Crippen LogP contribution is 2.32. The number of ether oxygens (including phenoxy) is 2. The number of aryl methyl sites for hydroxylation is 1. The van der Waals surface area contributed by atoms with Crippen molar-refractivity contribution in [2.75, 3.05) is 13.2 Å². The molecule has 1 aliphatic rings. The highest BCUT2D eigenvalue weighted by Gasteiger charge is 2.24. The van der Waals surface area contributed by atoms with E-state index in [9.17, 15) is 13.2 Å². The normalized spacial score (nSPS) is 17.5. The molecule has 2 nitrogen and oxygen atoms in total. The molecule has 3 aromatic rings. The lowest BCUT2D eigenvalue weighted by Gasteiger charge is -2.28. The van der Waals surface area contributed by atoms with E-state index in [4.69, 9.17) is 9.47 Å². The van der Waals surface area contributed by atoms with Crippen molar-refractivity contribution in [3.05, 3.63) is 95.8 Å². The summed E-state index contributed by atoms with van der Waals surface area (Å²) in [6, 6.07) is 15.5. The van der Waals surface area contributed by atoms with Gasteiger partial charge in [0.15, 0.2) is 17.9 Å². The summed E-state index contributed by atoms with van der Waals surface area (Å²) in [6.45, 7) is 6.56. The lowest BCUT2D eigenvalue weighted by Crippen LogP contribution is -2.29. The van der Waals surface area contributed by atoms with Crippen LogP contribution in [-0.4, -0.2) is 19.5 Å². The van der Waals surface area contributed by atoms with E-state index in [0.29, 0.717) is 41.9 Å². The maximum Gasteiger partial charge on any atom is 0.176 e. The Kier molecular flexibility index (Phi) is 10.2. The average molecular weight is 523 g/mol. The molecule has 0 atom stereocenters. The van der Waals surface area contributed by atoms with Crippen molar-refractivity contribution in [3.8, 4) is 22.3 Å². The van der Waals surface area contributed by atoms with Crippen molar-refractivity contribution in [1.29, 1.82) is 0 Å². The minimum atomic E-state index is -0.816. The zero-order valence-corrected chi connectivity index (χ0v) is 22.2. The number of benzene rings is 3. The van der Waals surface area contributed by atoms with E-state index in [1.807, 2.05) is 6.07 Å². The predicted octanol–water partition coefficient (Wildman–Crippen LogP) is 9.37. The van der Waals surface area contributed by atoms with Gasteiger partial charge in [0.2, 0.25) is 0 Å². The zero-order chi connectivity index (χ0) is 26.9. The molecular weight excluding hydrogens is 485 g/mol. The third kappa shape index (κ3) is 6.95. The second-order valence-corrected chi connectivity index (χ2v) is 10.1. The first kappa shape index (κ1) is 28.1. The van der Waals surface area contributed by atoms with Gasteiger partial charge >= 0.3 is 0 Å². The first-order chi connectivity index (χ1) is 18.5. The Hall–Kier alpha value is -2.89. The molecule has 0 saturated carbocycles. The highest BCUT2D eigenvalue weighted by molar-refractivity contribution is 5.71. The number of halogens is 3. The molecule has 38 heavy (non-hydrogen) atoms. The average Bonchev–Trinajstić information content (AvgIpc) is 2.95. The molecule has 4 rings (SSSR count). The Labute approximate surface area is 224 Å². The van der Waals surface area contributed by atoms with Crippen molar-refractivity contribution in [3.63, 3.8) is 0 Å². The van der Waals surface area contributed by atoms with E-state index in [1.54, 1.807) is 48.5 Å². The summed E-state index contributed by atoms with van der Waals surface area (Å²) >= 11 is 0. The van der Waals surface area contributed by atoms with Crippen LogP contribution in [0.1, 0.15) is 68.9 Å². The van der Waals surface area contributed by atoms with Gasteiger partial charge in [0, 0.05) is 11.5 Å². The van der Waals surface area contributed by atoms with Crippen LogP contribution in [0.2, 0.25) is 0 Å². The second-order valence-electron chi connectivity index (χ2n) is 10.1. The van der Waals surface area contributed by atoms with Gasteiger partial charge < -0.3 is 9.47 Å². The fourth-order valence-corrected chi connectivity index (χ4v) is 4.99. The van der Waals surface area contributed by atoms with Gasteiger partial charge in [0.1, 0.15) is 5.82 Å².